The molecule has 0 saturated carbocycles. The zero-order valence-electron chi connectivity index (χ0n) is 8.87. The number of nitrogens with zero attached hydrogens (tertiary/aromatic N) is 3. The molecule has 0 aromatic carbocycles. The number of nitrogens with two attached hydrogens (primary N) is 1. The molecule has 2 rings (SSSR count). The van der Waals surface area contributed by atoms with E-state index in [0.717, 1.165) is 12.8 Å². The highest BCUT2D eigenvalue weighted by Gasteiger charge is 2.27. The van der Waals surface area contributed by atoms with Crippen molar-refractivity contribution in [1.29, 1.82) is 0 Å². The fraction of sp³-hybridized carbons (Fsp3) is 0.500. The lowest BCUT2D eigenvalue weighted by atomic mass is 9.98. The molecule has 2 amide bonds. The van der Waals surface area contributed by atoms with Gasteiger partial charge in [-0.2, -0.15) is 0 Å². The van der Waals surface area contributed by atoms with Gasteiger partial charge >= 0.3 is 6.03 Å². The van der Waals surface area contributed by atoms with Crippen LogP contribution in [0.5, 0.6) is 0 Å². The second-order valence-electron chi connectivity index (χ2n) is 3.94. The van der Waals surface area contributed by atoms with Crippen LogP contribution in [-0.2, 0) is 4.79 Å². The highest BCUT2D eigenvalue weighted by molar-refractivity contribution is 5.80. The molecule has 1 unspecified atom stereocenters. The van der Waals surface area contributed by atoms with Gasteiger partial charge in [-0.25, -0.2) is 9.78 Å². The molecular weight excluding hydrogens is 208 g/mol. The number of hydrogen-bond acceptors (Lipinski definition) is 3. The summed E-state index contributed by atoms with van der Waals surface area (Å²) in [5, 5.41) is 0. The van der Waals surface area contributed by atoms with Gasteiger partial charge in [-0.05, 0) is 12.8 Å². The lowest BCUT2D eigenvalue weighted by Crippen LogP contribution is -2.45. The van der Waals surface area contributed by atoms with Crippen molar-refractivity contribution in [2.75, 3.05) is 13.1 Å². The van der Waals surface area contributed by atoms with Gasteiger partial charge in [-0.1, -0.05) is 0 Å². The van der Waals surface area contributed by atoms with E-state index in [9.17, 15) is 9.59 Å². The fourth-order valence-corrected chi connectivity index (χ4v) is 1.92. The third-order valence-electron chi connectivity index (χ3n) is 2.82. The van der Waals surface area contributed by atoms with E-state index < -0.39 is 0 Å². The second-order valence-corrected chi connectivity index (χ2v) is 3.94. The molecule has 2 heterocycles. The van der Waals surface area contributed by atoms with Crippen molar-refractivity contribution < 1.29 is 9.59 Å². The Morgan fingerprint density at radius 2 is 2.25 bits per heavy atom. The number of carbonyl (C=O) groups excluding carboxylic acids is 2. The first-order chi connectivity index (χ1) is 7.68. The minimum atomic E-state index is -0.330. The summed E-state index contributed by atoms with van der Waals surface area (Å²) in [6.07, 6.45) is 6.18. The van der Waals surface area contributed by atoms with Crippen LogP contribution in [-0.4, -0.2) is 39.5 Å². The normalized spacial score (nSPS) is 20.8. The van der Waals surface area contributed by atoms with Gasteiger partial charge in [-0.15, -0.1) is 0 Å². The van der Waals surface area contributed by atoms with Crippen LogP contribution in [0.4, 0.5) is 4.79 Å². The Kier molecular flexibility index (Phi) is 2.89. The molecule has 1 aromatic heterocycles. The number of likely N-dealkylation sites (tertiary alicyclic amines) is 1. The van der Waals surface area contributed by atoms with E-state index in [-0.39, 0.29) is 17.9 Å². The first kappa shape index (κ1) is 10.7. The molecule has 1 fully saturated rings. The van der Waals surface area contributed by atoms with Crippen molar-refractivity contribution in [2.24, 2.45) is 11.7 Å². The predicted octanol–water partition coefficient (Wildman–Crippen LogP) is 0.0485. The number of primary amides is 1. The van der Waals surface area contributed by atoms with Crippen LogP contribution in [0.25, 0.3) is 0 Å². The van der Waals surface area contributed by atoms with Crippen LogP contribution in [0.1, 0.15) is 12.8 Å². The number of aromatic nitrogens is 2. The van der Waals surface area contributed by atoms with Crippen molar-refractivity contribution >= 4 is 11.9 Å². The third-order valence-corrected chi connectivity index (χ3v) is 2.82. The molecule has 0 bridgehead atoms. The molecule has 1 saturated heterocycles. The van der Waals surface area contributed by atoms with Crippen molar-refractivity contribution in [3.8, 4) is 0 Å². The Morgan fingerprint density at radius 1 is 1.44 bits per heavy atom. The lowest BCUT2D eigenvalue weighted by Gasteiger charge is -2.30. The number of amides is 2. The van der Waals surface area contributed by atoms with E-state index in [1.807, 2.05) is 0 Å². The van der Waals surface area contributed by atoms with E-state index in [1.54, 1.807) is 17.3 Å². The smallest absolute Gasteiger partial charge is 0.329 e. The second kappa shape index (κ2) is 4.34. The van der Waals surface area contributed by atoms with Gasteiger partial charge in [0.15, 0.2) is 0 Å². The van der Waals surface area contributed by atoms with Crippen molar-refractivity contribution in [2.45, 2.75) is 12.8 Å². The average molecular weight is 222 g/mol. The van der Waals surface area contributed by atoms with Crippen LogP contribution >= 0.6 is 0 Å². The zero-order valence-corrected chi connectivity index (χ0v) is 8.87. The highest BCUT2D eigenvalue weighted by atomic mass is 16.2. The van der Waals surface area contributed by atoms with E-state index >= 15 is 0 Å². The SMILES string of the molecule is NC(=O)C1CCCN(C(=O)n2ccnc2)C1. The molecule has 6 heteroatoms. The standard InChI is InChI=1S/C10H14N4O2/c11-9(15)8-2-1-4-13(6-8)10(16)14-5-3-12-7-14/h3,5,7-8H,1-2,4,6H2,(H2,11,15). The molecule has 2 N–H and O–H groups in total. The number of hydrogen-bond donors (Lipinski definition) is 1. The van der Waals surface area contributed by atoms with Crippen LogP contribution < -0.4 is 5.73 Å². The maximum Gasteiger partial charge on any atom is 0.329 e. The van der Waals surface area contributed by atoms with Gasteiger partial charge in [0.1, 0.15) is 6.33 Å². The van der Waals surface area contributed by atoms with Gasteiger partial charge in [-0.3, -0.25) is 9.36 Å². The van der Waals surface area contributed by atoms with Crippen LogP contribution in [0.3, 0.4) is 0 Å². The molecule has 0 radical (unpaired) electrons. The first-order valence-corrected chi connectivity index (χ1v) is 5.25. The summed E-state index contributed by atoms with van der Waals surface area (Å²) in [6.45, 7) is 1.08. The minimum absolute atomic E-state index is 0.150. The summed E-state index contributed by atoms with van der Waals surface area (Å²) in [6, 6.07) is -0.150. The monoisotopic (exact) mass is 222 g/mol. The molecular formula is C10H14N4O2. The molecule has 1 aliphatic heterocycles. The van der Waals surface area contributed by atoms with E-state index in [1.165, 1.54) is 10.9 Å². The summed E-state index contributed by atoms with van der Waals surface area (Å²) >= 11 is 0. The molecule has 16 heavy (non-hydrogen) atoms. The van der Waals surface area contributed by atoms with Gasteiger partial charge < -0.3 is 10.6 Å². The van der Waals surface area contributed by atoms with Crippen molar-refractivity contribution in [3.63, 3.8) is 0 Å². The molecule has 1 atom stereocenters. The summed E-state index contributed by atoms with van der Waals surface area (Å²) in [4.78, 5) is 28.5. The Morgan fingerprint density at radius 3 is 2.88 bits per heavy atom. The highest BCUT2D eigenvalue weighted by Crippen LogP contribution is 2.16. The first-order valence-electron chi connectivity index (χ1n) is 5.25. The summed E-state index contributed by atoms with van der Waals surface area (Å²) in [7, 11) is 0. The number of carbonyl (C=O) groups is 2. The maximum absolute atomic E-state index is 11.9. The largest absolute Gasteiger partial charge is 0.369 e. The Balaban J connectivity index is 2.05. The molecule has 1 aliphatic rings. The van der Waals surface area contributed by atoms with Crippen LogP contribution in [0.15, 0.2) is 18.7 Å². The lowest BCUT2D eigenvalue weighted by molar-refractivity contribution is -0.123. The van der Waals surface area contributed by atoms with Gasteiger partial charge in [0, 0.05) is 25.5 Å². The Hall–Kier alpha value is -1.85. The Labute approximate surface area is 93.0 Å². The molecule has 0 aliphatic carbocycles. The molecule has 1 aromatic rings. The predicted molar refractivity (Wildman–Crippen MR) is 56.5 cm³/mol. The number of piperidine rings is 1. The summed E-state index contributed by atoms with van der Waals surface area (Å²) in [5.74, 6) is -0.552. The third kappa shape index (κ3) is 2.05. The Bertz CT molecular complexity index is 388. The molecule has 0 spiro atoms. The topological polar surface area (TPSA) is 81.2 Å². The number of imidazole rings is 1. The van der Waals surface area contributed by atoms with E-state index in [4.69, 9.17) is 5.73 Å². The van der Waals surface area contributed by atoms with Gasteiger partial charge in [0.25, 0.3) is 0 Å². The fourth-order valence-electron chi connectivity index (χ4n) is 1.92. The number of rotatable bonds is 1. The minimum Gasteiger partial charge on any atom is -0.369 e. The van der Waals surface area contributed by atoms with Crippen LogP contribution in [0.2, 0.25) is 0 Å². The molecule has 86 valence electrons. The van der Waals surface area contributed by atoms with Gasteiger partial charge in [0.05, 0.1) is 5.92 Å². The van der Waals surface area contributed by atoms with Crippen LogP contribution in [0, 0.1) is 5.92 Å². The molecule has 6 nitrogen and oxygen atoms in total. The summed E-state index contributed by atoms with van der Waals surface area (Å²) < 4.78 is 1.41. The van der Waals surface area contributed by atoms with Crippen molar-refractivity contribution in [3.05, 3.63) is 18.7 Å². The average Bonchev–Trinajstić information content (AvgIpc) is 2.81. The van der Waals surface area contributed by atoms with Gasteiger partial charge in [0.2, 0.25) is 5.91 Å². The summed E-state index contributed by atoms with van der Waals surface area (Å²) in [5.41, 5.74) is 5.25. The quantitative estimate of drug-likeness (QED) is 0.728. The van der Waals surface area contributed by atoms with E-state index in [0.29, 0.717) is 13.1 Å². The van der Waals surface area contributed by atoms with Crippen molar-refractivity contribution in [1.82, 2.24) is 14.5 Å². The zero-order chi connectivity index (χ0) is 11.5. The van der Waals surface area contributed by atoms with E-state index in [2.05, 4.69) is 4.98 Å². The maximum atomic E-state index is 11.9.